The summed E-state index contributed by atoms with van der Waals surface area (Å²) >= 11 is 0. The number of ether oxygens (including phenoxy) is 1. The Balaban J connectivity index is 1.53. The van der Waals surface area contributed by atoms with Crippen molar-refractivity contribution in [3.05, 3.63) is 78.4 Å². The van der Waals surface area contributed by atoms with Crippen LogP contribution in [0.1, 0.15) is 11.4 Å². The minimum absolute atomic E-state index is 0.159. The summed E-state index contributed by atoms with van der Waals surface area (Å²) in [5.74, 6) is 0.568. The number of hydrogen-bond acceptors (Lipinski definition) is 4. The van der Waals surface area contributed by atoms with Crippen molar-refractivity contribution >= 4 is 5.78 Å². The number of pyridine rings is 1. The Kier molecular flexibility index (Phi) is 4.42. The van der Waals surface area contributed by atoms with Gasteiger partial charge in [-0.15, -0.1) is 0 Å². The second-order valence-electron chi connectivity index (χ2n) is 5.95. The van der Waals surface area contributed by atoms with E-state index in [4.69, 9.17) is 4.74 Å². The monoisotopic (exact) mass is 388 g/mol. The third-order valence-electron chi connectivity index (χ3n) is 3.95. The minimum atomic E-state index is -4.48. The number of alkyl halides is 3. The number of rotatable bonds is 4. The number of aromatic nitrogens is 4. The standard InChI is InChI=1S/C19H12F4N4O/c20-14-2-4-16(5-3-14)28-11-15-10-27-9-13(8-25-18(27)26-15)12-1-6-17(24-7-12)19(21,22)23/h1-10H,11H2. The molecule has 0 N–H and O–H groups in total. The number of benzene rings is 1. The van der Waals surface area contributed by atoms with E-state index in [1.807, 2.05) is 0 Å². The van der Waals surface area contributed by atoms with Gasteiger partial charge in [0.1, 0.15) is 23.9 Å². The first-order valence-electron chi connectivity index (χ1n) is 8.14. The minimum Gasteiger partial charge on any atom is -0.487 e. The normalized spacial score (nSPS) is 11.7. The van der Waals surface area contributed by atoms with Crippen LogP contribution in [0.15, 0.2) is 61.2 Å². The lowest BCUT2D eigenvalue weighted by molar-refractivity contribution is -0.141. The third-order valence-corrected chi connectivity index (χ3v) is 3.95. The molecule has 3 heterocycles. The molecule has 142 valence electrons. The van der Waals surface area contributed by atoms with Crippen LogP contribution in [0.2, 0.25) is 0 Å². The Morgan fingerprint density at radius 1 is 0.893 bits per heavy atom. The maximum absolute atomic E-state index is 12.9. The van der Waals surface area contributed by atoms with Crippen molar-refractivity contribution in [1.82, 2.24) is 19.4 Å². The van der Waals surface area contributed by atoms with E-state index in [1.165, 1.54) is 36.5 Å². The molecule has 0 unspecified atom stereocenters. The molecule has 0 fully saturated rings. The summed E-state index contributed by atoms with van der Waals surface area (Å²) in [5.41, 5.74) is 0.741. The predicted molar refractivity (Wildman–Crippen MR) is 92.0 cm³/mol. The van der Waals surface area contributed by atoms with E-state index in [0.717, 1.165) is 12.3 Å². The van der Waals surface area contributed by atoms with Gasteiger partial charge in [0.05, 0.1) is 5.69 Å². The number of nitrogens with zero attached hydrogens (tertiary/aromatic N) is 4. The molecular formula is C19H12F4N4O. The van der Waals surface area contributed by atoms with Crippen molar-refractivity contribution < 1.29 is 22.3 Å². The van der Waals surface area contributed by atoms with Gasteiger partial charge in [0.25, 0.3) is 0 Å². The first-order chi connectivity index (χ1) is 13.4. The molecule has 0 aliphatic rings. The lowest BCUT2D eigenvalue weighted by Crippen LogP contribution is -2.07. The largest absolute Gasteiger partial charge is 0.487 e. The van der Waals surface area contributed by atoms with Gasteiger partial charge in [-0.1, -0.05) is 6.07 Å². The SMILES string of the molecule is Fc1ccc(OCc2cn3cc(-c4ccc(C(F)(F)F)nc4)cnc3n2)cc1. The van der Waals surface area contributed by atoms with Crippen LogP contribution in [0.25, 0.3) is 16.9 Å². The van der Waals surface area contributed by atoms with Crippen molar-refractivity contribution in [2.75, 3.05) is 0 Å². The smallest absolute Gasteiger partial charge is 0.433 e. The quantitative estimate of drug-likeness (QED) is 0.482. The number of fused-ring (bicyclic) bond motifs is 1. The van der Waals surface area contributed by atoms with Crippen LogP contribution in [-0.2, 0) is 12.8 Å². The number of imidazole rings is 1. The molecule has 0 amide bonds. The van der Waals surface area contributed by atoms with E-state index >= 15 is 0 Å². The van der Waals surface area contributed by atoms with Gasteiger partial charge in [0.2, 0.25) is 5.78 Å². The summed E-state index contributed by atoms with van der Waals surface area (Å²) in [6.07, 6.45) is 1.58. The Morgan fingerprint density at radius 3 is 2.32 bits per heavy atom. The predicted octanol–water partition coefficient (Wildman–Crippen LogP) is 4.53. The molecule has 1 aromatic carbocycles. The van der Waals surface area contributed by atoms with Crippen molar-refractivity contribution in [3.63, 3.8) is 0 Å². The number of halogens is 4. The van der Waals surface area contributed by atoms with E-state index in [9.17, 15) is 17.6 Å². The summed E-state index contributed by atoms with van der Waals surface area (Å²) in [6.45, 7) is 0.159. The second-order valence-corrected chi connectivity index (χ2v) is 5.95. The fourth-order valence-corrected chi connectivity index (χ4v) is 2.57. The molecule has 0 spiro atoms. The van der Waals surface area contributed by atoms with Gasteiger partial charge >= 0.3 is 6.18 Å². The first kappa shape index (κ1) is 17.9. The molecule has 5 nitrogen and oxygen atoms in total. The summed E-state index contributed by atoms with van der Waals surface area (Å²) in [7, 11) is 0. The first-order valence-corrected chi connectivity index (χ1v) is 8.14. The topological polar surface area (TPSA) is 52.3 Å². The van der Waals surface area contributed by atoms with Crippen LogP contribution in [0.5, 0.6) is 5.75 Å². The lowest BCUT2D eigenvalue weighted by atomic mass is 10.1. The van der Waals surface area contributed by atoms with Gasteiger partial charge in [0, 0.05) is 35.9 Å². The zero-order valence-corrected chi connectivity index (χ0v) is 14.2. The number of hydrogen-bond donors (Lipinski definition) is 0. The average molecular weight is 388 g/mol. The van der Waals surface area contributed by atoms with Gasteiger partial charge in [-0.05, 0) is 30.3 Å². The lowest BCUT2D eigenvalue weighted by Gasteiger charge is -2.06. The van der Waals surface area contributed by atoms with Crippen LogP contribution in [0.4, 0.5) is 17.6 Å². The van der Waals surface area contributed by atoms with E-state index in [-0.39, 0.29) is 12.4 Å². The fourth-order valence-electron chi connectivity index (χ4n) is 2.57. The molecule has 0 aliphatic heterocycles. The summed E-state index contributed by atoms with van der Waals surface area (Å²) in [4.78, 5) is 12.0. The van der Waals surface area contributed by atoms with Gasteiger partial charge < -0.3 is 4.74 Å². The van der Waals surface area contributed by atoms with E-state index in [1.54, 1.807) is 16.8 Å². The summed E-state index contributed by atoms with van der Waals surface area (Å²) < 4.78 is 58.0. The highest BCUT2D eigenvalue weighted by Crippen LogP contribution is 2.28. The highest BCUT2D eigenvalue weighted by Gasteiger charge is 2.32. The molecule has 0 saturated heterocycles. The molecule has 0 radical (unpaired) electrons. The zero-order valence-electron chi connectivity index (χ0n) is 14.2. The molecule has 4 aromatic rings. The van der Waals surface area contributed by atoms with Crippen LogP contribution in [-0.4, -0.2) is 19.4 Å². The Bertz CT molecular complexity index is 1110. The molecule has 9 heteroatoms. The van der Waals surface area contributed by atoms with Crippen LogP contribution >= 0.6 is 0 Å². The van der Waals surface area contributed by atoms with E-state index in [0.29, 0.717) is 28.3 Å². The highest BCUT2D eigenvalue weighted by molar-refractivity contribution is 5.61. The van der Waals surface area contributed by atoms with Gasteiger partial charge in [0.15, 0.2) is 0 Å². The van der Waals surface area contributed by atoms with Crippen molar-refractivity contribution in [2.45, 2.75) is 12.8 Å². The molecule has 4 rings (SSSR count). The second kappa shape index (κ2) is 6.91. The Morgan fingerprint density at radius 2 is 1.64 bits per heavy atom. The van der Waals surface area contributed by atoms with Crippen molar-refractivity contribution in [2.24, 2.45) is 0 Å². The highest BCUT2D eigenvalue weighted by atomic mass is 19.4. The molecule has 3 aromatic heterocycles. The van der Waals surface area contributed by atoms with E-state index in [2.05, 4.69) is 15.0 Å². The van der Waals surface area contributed by atoms with Crippen LogP contribution < -0.4 is 4.74 Å². The molecule has 0 aliphatic carbocycles. The zero-order chi connectivity index (χ0) is 19.7. The molecule has 0 bridgehead atoms. The molecule has 28 heavy (non-hydrogen) atoms. The van der Waals surface area contributed by atoms with Gasteiger partial charge in [-0.3, -0.25) is 9.38 Å². The van der Waals surface area contributed by atoms with E-state index < -0.39 is 11.9 Å². The summed E-state index contributed by atoms with van der Waals surface area (Å²) in [6, 6.07) is 7.89. The Labute approximate surface area is 156 Å². The molecule has 0 saturated carbocycles. The van der Waals surface area contributed by atoms with Crippen LogP contribution in [0, 0.1) is 5.82 Å². The van der Waals surface area contributed by atoms with Gasteiger partial charge in [-0.25, -0.2) is 14.4 Å². The van der Waals surface area contributed by atoms with Crippen LogP contribution in [0.3, 0.4) is 0 Å². The van der Waals surface area contributed by atoms with Gasteiger partial charge in [-0.2, -0.15) is 13.2 Å². The summed E-state index contributed by atoms with van der Waals surface area (Å²) in [5, 5.41) is 0. The average Bonchev–Trinajstić information content (AvgIpc) is 3.09. The fraction of sp³-hybridized carbons (Fsp3) is 0.105. The molecule has 0 atom stereocenters. The maximum Gasteiger partial charge on any atom is 0.433 e. The van der Waals surface area contributed by atoms with Crippen molar-refractivity contribution in [1.29, 1.82) is 0 Å². The molecular weight excluding hydrogens is 376 g/mol. The third kappa shape index (κ3) is 3.78. The van der Waals surface area contributed by atoms with Crippen molar-refractivity contribution in [3.8, 4) is 16.9 Å². The Hall–Kier alpha value is -3.49. The maximum atomic E-state index is 12.9.